The molecule has 30 heavy (non-hydrogen) atoms. The van der Waals surface area contributed by atoms with Gasteiger partial charge in [0.1, 0.15) is 18.2 Å². The Morgan fingerprint density at radius 3 is 2.60 bits per heavy atom. The SMILES string of the molecule is CCN(Cc1cc(F)ccc1-c1cn(CC(=O)O)c2cccc(F)c12)C(=O)C1CC1. The number of halogens is 2. The van der Waals surface area contributed by atoms with Crippen molar-refractivity contribution in [1.29, 1.82) is 0 Å². The minimum atomic E-state index is -1.05. The van der Waals surface area contributed by atoms with Crippen molar-refractivity contribution in [2.75, 3.05) is 6.54 Å². The summed E-state index contributed by atoms with van der Waals surface area (Å²) in [7, 11) is 0. The fourth-order valence-electron chi connectivity index (χ4n) is 3.88. The van der Waals surface area contributed by atoms with E-state index in [1.165, 1.54) is 28.8 Å². The Balaban J connectivity index is 1.84. The van der Waals surface area contributed by atoms with Crippen LogP contribution in [0, 0.1) is 17.6 Å². The first-order valence-electron chi connectivity index (χ1n) is 9.95. The van der Waals surface area contributed by atoms with Crippen molar-refractivity contribution in [2.24, 2.45) is 5.92 Å². The second kappa shape index (κ2) is 7.89. The van der Waals surface area contributed by atoms with Gasteiger partial charge in [-0.25, -0.2) is 8.78 Å². The van der Waals surface area contributed by atoms with E-state index in [-0.39, 0.29) is 30.3 Å². The fourth-order valence-corrected chi connectivity index (χ4v) is 3.88. The molecule has 1 aromatic heterocycles. The summed E-state index contributed by atoms with van der Waals surface area (Å²) in [5, 5.41) is 9.51. The molecule has 4 rings (SSSR count). The van der Waals surface area contributed by atoms with Gasteiger partial charge in [0.25, 0.3) is 0 Å². The predicted molar refractivity (Wildman–Crippen MR) is 109 cm³/mol. The summed E-state index contributed by atoms with van der Waals surface area (Å²) in [6.07, 6.45) is 3.33. The molecule has 0 atom stereocenters. The highest BCUT2D eigenvalue weighted by molar-refractivity contribution is 5.98. The number of benzene rings is 2. The van der Waals surface area contributed by atoms with Crippen molar-refractivity contribution >= 4 is 22.8 Å². The van der Waals surface area contributed by atoms with Crippen LogP contribution in [-0.2, 0) is 22.7 Å². The first-order valence-corrected chi connectivity index (χ1v) is 9.95. The Morgan fingerprint density at radius 2 is 1.93 bits per heavy atom. The molecule has 7 heteroatoms. The van der Waals surface area contributed by atoms with Crippen LogP contribution < -0.4 is 0 Å². The molecule has 1 aliphatic carbocycles. The highest BCUT2D eigenvalue weighted by Crippen LogP contribution is 2.36. The molecule has 2 aromatic carbocycles. The van der Waals surface area contributed by atoms with Gasteiger partial charge in [-0.05, 0) is 55.2 Å². The van der Waals surface area contributed by atoms with Crippen molar-refractivity contribution in [3.05, 3.63) is 59.8 Å². The molecule has 1 fully saturated rings. The lowest BCUT2D eigenvalue weighted by molar-refractivity contribution is -0.137. The Kier molecular flexibility index (Phi) is 5.28. The molecule has 0 bridgehead atoms. The minimum absolute atomic E-state index is 0.0388. The van der Waals surface area contributed by atoms with Crippen LogP contribution >= 0.6 is 0 Å². The average Bonchev–Trinajstić information content (AvgIpc) is 3.49. The number of aliphatic carboxylic acids is 1. The third-order valence-electron chi connectivity index (χ3n) is 5.50. The maximum atomic E-state index is 14.8. The number of carboxylic acid groups (broad SMARTS) is 1. The molecule has 0 aliphatic heterocycles. The normalized spacial score (nSPS) is 13.6. The molecule has 0 unspecified atom stereocenters. The summed E-state index contributed by atoms with van der Waals surface area (Å²) >= 11 is 0. The first-order chi connectivity index (χ1) is 14.4. The van der Waals surface area contributed by atoms with Crippen LogP contribution in [-0.4, -0.2) is 33.0 Å². The van der Waals surface area contributed by atoms with Gasteiger partial charge in [-0.1, -0.05) is 12.1 Å². The number of nitrogens with zero attached hydrogens (tertiary/aromatic N) is 2. The van der Waals surface area contributed by atoms with Crippen molar-refractivity contribution in [3.63, 3.8) is 0 Å². The van der Waals surface area contributed by atoms with E-state index in [1.54, 1.807) is 23.2 Å². The van der Waals surface area contributed by atoms with Crippen LogP contribution in [0.15, 0.2) is 42.6 Å². The zero-order chi connectivity index (χ0) is 21.4. The third-order valence-corrected chi connectivity index (χ3v) is 5.50. The molecule has 1 aliphatic rings. The van der Waals surface area contributed by atoms with Crippen molar-refractivity contribution in [1.82, 2.24) is 9.47 Å². The molecule has 1 saturated carbocycles. The van der Waals surface area contributed by atoms with Crippen LogP contribution in [0.5, 0.6) is 0 Å². The van der Waals surface area contributed by atoms with Gasteiger partial charge in [0.15, 0.2) is 0 Å². The van der Waals surface area contributed by atoms with E-state index in [2.05, 4.69) is 0 Å². The van der Waals surface area contributed by atoms with Crippen molar-refractivity contribution in [2.45, 2.75) is 32.9 Å². The van der Waals surface area contributed by atoms with E-state index in [0.29, 0.717) is 28.8 Å². The molecule has 0 saturated heterocycles. The number of amides is 1. The maximum Gasteiger partial charge on any atom is 0.323 e. The molecule has 156 valence electrons. The second-order valence-electron chi connectivity index (χ2n) is 7.63. The molecule has 5 nitrogen and oxygen atoms in total. The summed E-state index contributed by atoms with van der Waals surface area (Å²) in [5.41, 5.74) is 2.07. The van der Waals surface area contributed by atoms with E-state index in [9.17, 15) is 23.5 Å². The van der Waals surface area contributed by atoms with E-state index in [1.807, 2.05) is 6.92 Å². The molecule has 0 radical (unpaired) electrons. The molecule has 1 N–H and O–H groups in total. The van der Waals surface area contributed by atoms with Gasteiger partial charge >= 0.3 is 5.97 Å². The number of rotatable bonds is 7. The highest BCUT2D eigenvalue weighted by Gasteiger charge is 2.33. The minimum Gasteiger partial charge on any atom is -0.480 e. The molecule has 1 amide bonds. The van der Waals surface area contributed by atoms with Gasteiger partial charge in [-0.2, -0.15) is 0 Å². The predicted octanol–water partition coefficient (Wildman–Crippen LogP) is 4.43. The molecular formula is C23H22F2N2O3. The van der Waals surface area contributed by atoms with Gasteiger partial charge in [0.05, 0.1) is 5.52 Å². The number of carboxylic acids is 1. The Morgan fingerprint density at radius 1 is 1.17 bits per heavy atom. The monoisotopic (exact) mass is 412 g/mol. The lowest BCUT2D eigenvalue weighted by Crippen LogP contribution is -2.31. The summed E-state index contributed by atoms with van der Waals surface area (Å²) in [5.74, 6) is -1.89. The zero-order valence-corrected chi connectivity index (χ0v) is 16.6. The topological polar surface area (TPSA) is 62.5 Å². The fraction of sp³-hybridized carbons (Fsp3) is 0.304. The third kappa shape index (κ3) is 3.79. The van der Waals surface area contributed by atoms with E-state index < -0.39 is 17.6 Å². The number of carbonyl (C=O) groups excluding carboxylic acids is 1. The summed E-state index contributed by atoms with van der Waals surface area (Å²) < 4.78 is 30.3. The summed E-state index contributed by atoms with van der Waals surface area (Å²) in [6.45, 7) is 2.24. The van der Waals surface area contributed by atoms with E-state index >= 15 is 0 Å². The van der Waals surface area contributed by atoms with Crippen molar-refractivity contribution in [3.8, 4) is 11.1 Å². The van der Waals surface area contributed by atoms with Gasteiger partial charge in [-0.15, -0.1) is 0 Å². The quantitative estimate of drug-likeness (QED) is 0.625. The Hall–Kier alpha value is -3.22. The number of hydrogen-bond acceptors (Lipinski definition) is 2. The zero-order valence-electron chi connectivity index (χ0n) is 16.6. The Labute approximate surface area is 172 Å². The van der Waals surface area contributed by atoms with E-state index in [4.69, 9.17) is 0 Å². The molecular weight excluding hydrogens is 390 g/mol. The van der Waals surface area contributed by atoms with Crippen LogP contribution in [0.3, 0.4) is 0 Å². The van der Waals surface area contributed by atoms with Gasteiger partial charge in [0, 0.05) is 36.2 Å². The standard InChI is InChI=1S/C23H22F2N2O3/c1-2-26(23(30)14-6-7-14)11-15-10-16(24)8-9-17(15)18-12-27(13-21(28)29)20-5-3-4-19(25)22(18)20/h3-5,8-10,12,14H,2,6-7,11,13H2,1H3,(H,28,29). The van der Waals surface area contributed by atoms with Crippen LogP contribution in [0.25, 0.3) is 22.0 Å². The van der Waals surface area contributed by atoms with Gasteiger partial charge in [0.2, 0.25) is 5.91 Å². The number of fused-ring (bicyclic) bond motifs is 1. The number of hydrogen-bond donors (Lipinski definition) is 1. The van der Waals surface area contributed by atoms with Crippen molar-refractivity contribution < 1.29 is 23.5 Å². The lowest BCUT2D eigenvalue weighted by atomic mass is 9.98. The van der Waals surface area contributed by atoms with Gasteiger partial charge < -0.3 is 14.6 Å². The maximum absolute atomic E-state index is 14.8. The molecule has 3 aromatic rings. The molecule has 1 heterocycles. The largest absolute Gasteiger partial charge is 0.480 e. The van der Waals surface area contributed by atoms with E-state index in [0.717, 1.165) is 12.8 Å². The second-order valence-corrected chi connectivity index (χ2v) is 7.63. The first kappa shape index (κ1) is 20.1. The van der Waals surface area contributed by atoms with Gasteiger partial charge in [-0.3, -0.25) is 9.59 Å². The summed E-state index contributed by atoms with van der Waals surface area (Å²) in [6, 6.07) is 8.71. The Bertz CT molecular complexity index is 1130. The molecule has 0 spiro atoms. The van der Waals surface area contributed by atoms with Crippen LogP contribution in [0.2, 0.25) is 0 Å². The smallest absolute Gasteiger partial charge is 0.323 e. The van der Waals surface area contributed by atoms with Crippen LogP contribution in [0.4, 0.5) is 8.78 Å². The average molecular weight is 412 g/mol. The number of carbonyl (C=O) groups is 2. The lowest BCUT2D eigenvalue weighted by Gasteiger charge is -2.22. The summed E-state index contributed by atoms with van der Waals surface area (Å²) in [4.78, 5) is 25.5. The highest BCUT2D eigenvalue weighted by atomic mass is 19.1. The number of aromatic nitrogens is 1. The van der Waals surface area contributed by atoms with Crippen LogP contribution in [0.1, 0.15) is 25.3 Å².